The van der Waals surface area contributed by atoms with Crippen molar-refractivity contribution in [3.8, 4) is 0 Å². The molecule has 1 heterocycles. The quantitative estimate of drug-likeness (QED) is 0.821. The number of nitrogens with zero attached hydrogens (tertiary/aromatic N) is 1. The second kappa shape index (κ2) is 6.07. The molecule has 0 aliphatic carbocycles. The van der Waals surface area contributed by atoms with Crippen LogP contribution >= 0.6 is 0 Å². The van der Waals surface area contributed by atoms with Crippen LogP contribution in [0, 0.1) is 0 Å². The molecule has 2 amide bonds. The number of ether oxygens (including phenoxy) is 1. The first-order valence-electron chi connectivity index (χ1n) is 6.59. The molecule has 104 valence electrons. The van der Waals surface area contributed by atoms with E-state index in [4.69, 9.17) is 4.74 Å². The highest BCUT2D eigenvalue weighted by atomic mass is 16.6. The van der Waals surface area contributed by atoms with Gasteiger partial charge in [0.15, 0.2) is 0 Å². The molecule has 0 radical (unpaired) electrons. The van der Waals surface area contributed by atoms with Crippen molar-refractivity contribution in [2.24, 2.45) is 0 Å². The fraction of sp³-hybridized carbons (Fsp3) is 0.846. The minimum atomic E-state index is -0.525. The van der Waals surface area contributed by atoms with E-state index < -0.39 is 11.7 Å². The van der Waals surface area contributed by atoms with Crippen molar-refractivity contribution in [3.63, 3.8) is 0 Å². The van der Waals surface area contributed by atoms with Gasteiger partial charge in [-0.25, -0.2) is 4.79 Å². The molecule has 0 bridgehead atoms. The Morgan fingerprint density at radius 1 is 1.50 bits per heavy atom. The van der Waals surface area contributed by atoms with Crippen LogP contribution in [-0.2, 0) is 9.53 Å². The summed E-state index contributed by atoms with van der Waals surface area (Å²) >= 11 is 0. The number of amides is 2. The molecule has 1 aliphatic rings. The van der Waals surface area contributed by atoms with Crippen LogP contribution in [0.2, 0.25) is 0 Å². The monoisotopic (exact) mass is 256 g/mol. The summed E-state index contributed by atoms with van der Waals surface area (Å²) in [4.78, 5) is 25.1. The maximum Gasteiger partial charge on any atom is 0.410 e. The van der Waals surface area contributed by atoms with Crippen LogP contribution in [0.4, 0.5) is 4.79 Å². The predicted molar refractivity (Wildman–Crippen MR) is 69.3 cm³/mol. The molecular formula is C13H24N2O3. The SMILES string of the molecule is CCCC1CCN(C(=O)OC(C)(C)C)CC(=O)N1. The van der Waals surface area contributed by atoms with Crippen LogP contribution in [0.25, 0.3) is 0 Å². The van der Waals surface area contributed by atoms with Gasteiger partial charge in [0.05, 0.1) is 0 Å². The minimum absolute atomic E-state index is 0.0924. The number of carbonyl (C=O) groups is 2. The Labute approximate surface area is 109 Å². The van der Waals surface area contributed by atoms with Crippen LogP contribution < -0.4 is 5.32 Å². The van der Waals surface area contributed by atoms with Gasteiger partial charge in [0.1, 0.15) is 12.1 Å². The Morgan fingerprint density at radius 2 is 2.17 bits per heavy atom. The predicted octanol–water partition coefficient (Wildman–Crippen LogP) is 1.91. The average Bonchev–Trinajstić information content (AvgIpc) is 2.38. The second-order valence-corrected chi connectivity index (χ2v) is 5.74. The lowest BCUT2D eigenvalue weighted by Crippen LogP contribution is -2.41. The fourth-order valence-electron chi connectivity index (χ4n) is 1.96. The summed E-state index contributed by atoms with van der Waals surface area (Å²) in [5.74, 6) is -0.100. The van der Waals surface area contributed by atoms with E-state index in [1.807, 2.05) is 20.8 Å². The van der Waals surface area contributed by atoms with Crippen LogP contribution in [-0.4, -0.2) is 41.6 Å². The molecule has 0 aromatic carbocycles. The summed E-state index contributed by atoms with van der Waals surface area (Å²) in [5.41, 5.74) is -0.525. The van der Waals surface area contributed by atoms with E-state index in [1.54, 1.807) is 0 Å². The molecule has 1 aliphatic heterocycles. The molecule has 1 atom stereocenters. The van der Waals surface area contributed by atoms with Gasteiger partial charge in [0, 0.05) is 12.6 Å². The Morgan fingerprint density at radius 3 is 2.72 bits per heavy atom. The molecule has 18 heavy (non-hydrogen) atoms. The zero-order valence-electron chi connectivity index (χ0n) is 11.8. The van der Waals surface area contributed by atoms with E-state index in [9.17, 15) is 9.59 Å². The summed E-state index contributed by atoms with van der Waals surface area (Å²) in [6.45, 7) is 8.21. The molecule has 0 aromatic heterocycles. The van der Waals surface area contributed by atoms with Crippen molar-refractivity contribution in [3.05, 3.63) is 0 Å². The summed E-state index contributed by atoms with van der Waals surface area (Å²) in [6.07, 6.45) is 2.36. The van der Waals surface area contributed by atoms with Gasteiger partial charge < -0.3 is 10.1 Å². The van der Waals surface area contributed by atoms with E-state index >= 15 is 0 Å². The summed E-state index contributed by atoms with van der Waals surface area (Å²) < 4.78 is 5.28. The molecule has 1 N–H and O–H groups in total. The van der Waals surface area contributed by atoms with Gasteiger partial charge in [-0.1, -0.05) is 13.3 Å². The first-order valence-corrected chi connectivity index (χ1v) is 6.59. The van der Waals surface area contributed by atoms with Gasteiger partial charge in [0.25, 0.3) is 0 Å². The van der Waals surface area contributed by atoms with Crippen molar-refractivity contribution in [2.75, 3.05) is 13.1 Å². The fourth-order valence-corrected chi connectivity index (χ4v) is 1.96. The van der Waals surface area contributed by atoms with E-state index in [-0.39, 0.29) is 18.5 Å². The van der Waals surface area contributed by atoms with Gasteiger partial charge in [-0.2, -0.15) is 0 Å². The molecular weight excluding hydrogens is 232 g/mol. The molecule has 1 fully saturated rings. The lowest BCUT2D eigenvalue weighted by molar-refractivity contribution is -0.122. The van der Waals surface area contributed by atoms with Gasteiger partial charge in [-0.05, 0) is 33.6 Å². The summed E-state index contributed by atoms with van der Waals surface area (Å²) in [6, 6.07) is 0.176. The molecule has 1 rings (SSSR count). The molecule has 0 aromatic rings. The largest absolute Gasteiger partial charge is 0.444 e. The van der Waals surface area contributed by atoms with Gasteiger partial charge in [-0.3, -0.25) is 9.69 Å². The third-order valence-electron chi connectivity index (χ3n) is 2.74. The van der Waals surface area contributed by atoms with E-state index in [0.717, 1.165) is 19.3 Å². The lowest BCUT2D eigenvalue weighted by atomic mass is 10.1. The topological polar surface area (TPSA) is 58.6 Å². The maximum atomic E-state index is 11.9. The highest BCUT2D eigenvalue weighted by molar-refractivity contribution is 5.83. The minimum Gasteiger partial charge on any atom is -0.444 e. The van der Waals surface area contributed by atoms with Crippen molar-refractivity contribution in [1.82, 2.24) is 10.2 Å². The van der Waals surface area contributed by atoms with E-state index in [1.165, 1.54) is 4.90 Å². The second-order valence-electron chi connectivity index (χ2n) is 5.74. The molecule has 1 unspecified atom stereocenters. The van der Waals surface area contributed by atoms with Crippen LogP contribution in [0.5, 0.6) is 0 Å². The molecule has 5 nitrogen and oxygen atoms in total. The number of nitrogens with one attached hydrogen (secondary N) is 1. The van der Waals surface area contributed by atoms with Gasteiger partial charge in [-0.15, -0.1) is 0 Å². The normalized spacial score (nSPS) is 21.2. The van der Waals surface area contributed by atoms with E-state index in [0.29, 0.717) is 6.54 Å². The summed E-state index contributed by atoms with van der Waals surface area (Å²) in [5, 5.41) is 2.94. The summed E-state index contributed by atoms with van der Waals surface area (Å²) in [7, 11) is 0. The zero-order chi connectivity index (χ0) is 13.8. The third-order valence-corrected chi connectivity index (χ3v) is 2.74. The Hall–Kier alpha value is -1.26. The molecule has 5 heteroatoms. The highest BCUT2D eigenvalue weighted by Crippen LogP contribution is 2.13. The standard InChI is InChI=1S/C13H24N2O3/c1-5-6-10-7-8-15(9-11(16)14-10)12(17)18-13(2,3)4/h10H,5-9H2,1-4H3,(H,14,16). The highest BCUT2D eigenvalue weighted by Gasteiger charge is 2.27. The van der Waals surface area contributed by atoms with Crippen LogP contribution in [0.3, 0.4) is 0 Å². The Kier molecular flexibility index (Phi) is 4.99. The van der Waals surface area contributed by atoms with Crippen LogP contribution in [0.1, 0.15) is 47.0 Å². The Bertz CT molecular complexity index is 310. The van der Waals surface area contributed by atoms with E-state index in [2.05, 4.69) is 12.2 Å². The van der Waals surface area contributed by atoms with Crippen molar-refractivity contribution >= 4 is 12.0 Å². The van der Waals surface area contributed by atoms with Gasteiger partial charge >= 0.3 is 6.09 Å². The Balaban J connectivity index is 2.58. The van der Waals surface area contributed by atoms with Crippen LogP contribution in [0.15, 0.2) is 0 Å². The van der Waals surface area contributed by atoms with Crippen molar-refractivity contribution < 1.29 is 14.3 Å². The third kappa shape index (κ3) is 4.94. The first kappa shape index (κ1) is 14.8. The molecule has 0 saturated carbocycles. The van der Waals surface area contributed by atoms with Crippen molar-refractivity contribution in [1.29, 1.82) is 0 Å². The number of rotatable bonds is 2. The smallest absolute Gasteiger partial charge is 0.410 e. The molecule has 1 saturated heterocycles. The lowest BCUT2D eigenvalue weighted by Gasteiger charge is -2.25. The first-order chi connectivity index (χ1) is 8.31. The average molecular weight is 256 g/mol. The number of hydrogen-bond acceptors (Lipinski definition) is 3. The van der Waals surface area contributed by atoms with Gasteiger partial charge in [0.2, 0.25) is 5.91 Å². The number of hydrogen-bond donors (Lipinski definition) is 1. The zero-order valence-corrected chi connectivity index (χ0v) is 11.8. The maximum absolute atomic E-state index is 11.9. The number of carbonyl (C=O) groups excluding carboxylic acids is 2. The molecule has 0 spiro atoms. The van der Waals surface area contributed by atoms with Crippen molar-refractivity contribution in [2.45, 2.75) is 58.6 Å².